The van der Waals surface area contributed by atoms with Crippen molar-refractivity contribution in [2.45, 2.75) is 27.3 Å². The molecule has 0 aliphatic carbocycles. The lowest BCUT2D eigenvalue weighted by molar-refractivity contribution is 0.0703. The van der Waals surface area contributed by atoms with E-state index in [9.17, 15) is 4.79 Å². The highest BCUT2D eigenvalue weighted by Gasteiger charge is 2.07. The van der Waals surface area contributed by atoms with Gasteiger partial charge in [0, 0.05) is 25.5 Å². The van der Waals surface area contributed by atoms with E-state index in [0.29, 0.717) is 19.1 Å². The molecule has 1 atom stereocenters. The van der Waals surface area contributed by atoms with Crippen molar-refractivity contribution in [2.24, 2.45) is 5.92 Å². The molecule has 0 radical (unpaired) electrons. The zero-order valence-corrected chi connectivity index (χ0v) is 10.6. The fraction of sp³-hybridized carbons (Fsp3) is 0.636. The molecule has 0 bridgehead atoms. The first-order valence-corrected chi connectivity index (χ1v) is 5.76. The van der Waals surface area contributed by atoms with Gasteiger partial charge in [0.15, 0.2) is 0 Å². The molecule has 96 valence electrons. The molecule has 6 nitrogen and oxygen atoms in total. The fourth-order valence-corrected chi connectivity index (χ4v) is 1.44. The predicted molar refractivity (Wildman–Crippen MR) is 64.3 cm³/mol. The summed E-state index contributed by atoms with van der Waals surface area (Å²) in [6.45, 7) is 7.72. The van der Waals surface area contributed by atoms with Gasteiger partial charge < -0.3 is 9.88 Å². The first kappa shape index (κ1) is 13.5. The maximum Gasteiger partial charge on any atom is 0.338 e. The van der Waals surface area contributed by atoms with Gasteiger partial charge >= 0.3 is 6.03 Å². The van der Waals surface area contributed by atoms with Crippen molar-refractivity contribution < 1.29 is 9.63 Å². The van der Waals surface area contributed by atoms with E-state index >= 15 is 0 Å². The number of rotatable bonds is 6. The molecule has 0 aliphatic rings. The molecule has 6 heteroatoms. The SMILES string of the molecule is CCONC(=O)NC[C@H](C)Cn1ccnc1C. The standard InChI is InChI=1S/C11H20N4O2/c1-4-17-14-11(16)13-7-9(2)8-15-6-5-12-10(15)3/h5-6,9H,4,7-8H2,1-3H3,(H2,13,14,16)/t9-/m0/s1. The van der Waals surface area contributed by atoms with E-state index in [1.54, 1.807) is 6.20 Å². The summed E-state index contributed by atoms with van der Waals surface area (Å²) >= 11 is 0. The first-order valence-electron chi connectivity index (χ1n) is 5.76. The Morgan fingerprint density at radius 3 is 3.00 bits per heavy atom. The normalized spacial score (nSPS) is 12.2. The topological polar surface area (TPSA) is 68.2 Å². The lowest BCUT2D eigenvalue weighted by Crippen LogP contribution is -2.38. The van der Waals surface area contributed by atoms with Gasteiger partial charge in [-0.25, -0.2) is 15.3 Å². The summed E-state index contributed by atoms with van der Waals surface area (Å²) in [7, 11) is 0. The molecular formula is C11H20N4O2. The molecule has 2 N–H and O–H groups in total. The number of aryl methyl sites for hydroxylation is 1. The van der Waals surface area contributed by atoms with E-state index in [0.717, 1.165) is 12.4 Å². The number of carbonyl (C=O) groups is 1. The molecule has 0 aromatic carbocycles. The van der Waals surface area contributed by atoms with Crippen LogP contribution in [0.15, 0.2) is 12.4 Å². The van der Waals surface area contributed by atoms with Crippen LogP contribution in [0.4, 0.5) is 4.79 Å². The summed E-state index contributed by atoms with van der Waals surface area (Å²) in [6.07, 6.45) is 3.71. The van der Waals surface area contributed by atoms with Crippen LogP contribution in [0.25, 0.3) is 0 Å². The quantitative estimate of drug-likeness (QED) is 0.731. The Kier molecular flexibility index (Phi) is 5.48. The monoisotopic (exact) mass is 240 g/mol. The molecule has 1 rings (SSSR count). The predicted octanol–water partition coefficient (Wildman–Crippen LogP) is 1.08. The fourth-order valence-electron chi connectivity index (χ4n) is 1.44. The zero-order chi connectivity index (χ0) is 12.7. The number of nitrogens with zero attached hydrogens (tertiary/aromatic N) is 2. The molecule has 0 spiro atoms. The van der Waals surface area contributed by atoms with Crippen LogP contribution in [0.2, 0.25) is 0 Å². The molecule has 0 saturated heterocycles. The summed E-state index contributed by atoms with van der Waals surface area (Å²) < 4.78 is 2.06. The molecule has 1 heterocycles. The van der Waals surface area contributed by atoms with Crippen LogP contribution in [0.3, 0.4) is 0 Å². The maximum absolute atomic E-state index is 11.2. The third-order valence-electron chi connectivity index (χ3n) is 2.35. The second-order valence-electron chi connectivity index (χ2n) is 3.98. The highest BCUT2D eigenvalue weighted by Crippen LogP contribution is 2.02. The van der Waals surface area contributed by atoms with Crippen molar-refractivity contribution in [2.75, 3.05) is 13.2 Å². The number of hydroxylamine groups is 1. The van der Waals surface area contributed by atoms with Gasteiger partial charge in [0.1, 0.15) is 5.82 Å². The number of amides is 2. The first-order chi connectivity index (χ1) is 8.13. The smallest absolute Gasteiger partial charge is 0.336 e. The van der Waals surface area contributed by atoms with E-state index in [-0.39, 0.29) is 6.03 Å². The van der Waals surface area contributed by atoms with Crippen LogP contribution in [-0.2, 0) is 11.4 Å². The van der Waals surface area contributed by atoms with Gasteiger partial charge in [-0.2, -0.15) is 0 Å². The van der Waals surface area contributed by atoms with Crippen LogP contribution in [0, 0.1) is 12.8 Å². The lowest BCUT2D eigenvalue weighted by atomic mass is 10.2. The van der Waals surface area contributed by atoms with Crippen molar-refractivity contribution in [1.82, 2.24) is 20.3 Å². The minimum atomic E-state index is -0.305. The Labute approximate surface area is 101 Å². The second-order valence-corrected chi connectivity index (χ2v) is 3.98. The summed E-state index contributed by atoms with van der Waals surface area (Å²) in [5, 5.41) is 2.74. The third-order valence-corrected chi connectivity index (χ3v) is 2.35. The number of hydrogen-bond acceptors (Lipinski definition) is 3. The molecule has 0 unspecified atom stereocenters. The minimum Gasteiger partial charge on any atom is -0.336 e. The maximum atomic E-state index is 11.2. The van der Waals surface area contributed by atoms with Gasteiger partial charge in [-0.1, -0.05) is 6.92 Å². The van der Waals surface area contributed by atoms with Crippen LogP contribution in [-0.4, -0.2) is 28.7 Å². The van der Waals surface area contributed by atoms with Crippen LogP contribution < -0.4 is 10.8 Å². The van der Waals surface area contributed by atoms with Crippen molar-refractivity contribution in [3.05, 3.63) is 18.2 Å². The molecule has 0 saturated carbocycles. The molecule has 1 aromatic heterocycles. The Morgan fingerprint density at radius 1 is 1.65 bits per heavy atom. The lowest BCUT2D eigenvalue weighted by Gasteiger charge is -2.14. The zero-order valence-electron chi connectivity index (χ0n) is 10.6. The van der Waals surface area contributed by atoms with Gasteiger partial charge in [-0.3, -0.25) is 4.84 Å². The molecule has 0 fully saturated rings. The minimum absolute atomic E-state index is 0.305. The van der Waals surface area contributed by atoms with Crippen molar-refractivity contribution >= 4 is 6.03 Å². The third kappa shape index (κ3) is 4.86. The van der Waals surface area contributed by atoms with Gasteiger partial charge in [0.2, 0.25) is 0 Å². The Balaban J connectivity index is 2.23. The Morgan fingerprint density at radius 2 is 2.41 bits per heavy atom. The average Bonchev–Trinajstić information content (AvgIpc) is 2.69. The highest BCUT2D eigenvalue weighted by molar-refractivity contribution is 5.72. The van der Waals surface area contributed by atoms with Gasteiger partial charge in [-0.15, -0.1) is 0 Å². The van der Waals surface area contributed by atoms with Gasteiger partial charge in [0.05, 0.1) is 6.61 Å². The van der Waals surface area contributed by atoms with Crippen LogP contribution in [0.5, 0.6) is 0 Å². The molecule has 2 amide bonds. The summed E-state index contributed by atoms with van der Waals surface area (Å²) in [5.74, 6) is 1.31. The summed E-state index contributed by atoms with van der Waals surface area (Å²) in [5.41, 5.74) is 2.29. The van der Waals surface area contributed by atoms with Gasteiger partial charge in [-0.05, 0) is 19.8 Å². The van der Waals surface area contributed by atoms with E-state index in [1.807, 2.05) is 20.0 Å². The van der Waals surface area contributed by atoms with Crippen molar-refractivity contribution in [3.8, 4) is 0 Å². The number of imidazole rings is 1. The van der Waals surface area contributed by atoms with E-state index < -0.39 is 0 Å². The van der Waals surface area contributed by atoms with Gasteiger partial charge in [0.25, 0.3) is 0 Å². The highest BCUT2D eigenvalue weighted by atomic mass is 16.7. The number of carbonyl (C=O) groups excluding carboxylic acids is 1. The van der Waals surface area contributed by atoms with Crippen LogP contribution in [0.1, 0.15) is 19.7 Å². The number of hydrogen-bond donors (Lipinski definition) is 2. The largest absolute Gasteiger partial charge is 0.338 e. The van der Waals surface area contributed by atoms with Crippen molar-refractivity contribution in [3.63, 3.8) is 0 Å². The molecule has 17 heavy (non-hydrogen) atoms. The summed E-state index contributed by atoms with van der Waals surface area (Å²) in [4.78, 5) is 20.1. The summed E-state index contributed by atoms with van der Waals surface area (Å²) in [6, 6.07) is -0.305. The van der Waals surface area contributed by atoms with Crippen LogP contribution >= 0.6 is 0 Å². The molecule has 1 aromatic rings. The Hall–Kier alpha value is -1.56. The van der Waals surface area contributed by atoms with Crippen molar-refractivity contribution in [1.29, 1.82) is 0 Å². The number of urea groups is 1. The molecule has 0 aliphatic heterocycles. The average molecular weight is 240 g/mol. The van der Waals surface area contributed by atoms with E-state index in [1.165, 1.54) is 0 Å². The number of aromatic nitrogens is 2. The molecular weight excluding hydrogens is 220 g/mol. The van der Waals surface area contributed by atoms with E-state index in [2.05, 4.69) is 27.3 Å². The second kappa shape index (κ2) is 6.90. The number of nitrogens with one attached hydrogen (secondary N) is 2. The van der Waals surface area contributed by atoms with E-state index in [4.69, 9.17) is 4.84 Å². The Bertz CT molecular complexity index is 351.